The van der Waals surface area contributed by atoms with Crippen molar-refractivity contribution in [2.45, 2.75) is 0 Å². The number of aromatic nitrogens is 2. The van der Waals surface area contributed by atoms with Crippen molar-refractivity contribution in [1.82, 2.24) is 9.55 Å². The highest BCUT2D eigenvalue weighted by molar-refractivity contribution is 14.1. The molecule has 0 aliphatic carbocycles. The Hall–Kier alpha value is -1.39. The number of nitriles is 1. The quantitative estimate of drug-likeness (QED) is 0.616. The Morgan fingerprint density at radius 2 is 2.22 bits per heavy atom. The van der Waals surface area contributed by atoms with E-state index < -0.39 is 0 Å². The zero-order chi connectivity index (χ0) is 12.7. The van der Waals surface area contributed by atoms with Crippen LogP contribution in [0.4, 0.5) is 0 Å². The molecule has 1 aromatic carbocycles. The van der Waals surface area contributed by atoms with E-state index >= 15 is 0 Å². The molecule has 0 fully saturated rings. The summed E-state index contributed by atoms with van der Waals surface area (Å²) in [5.74, 6) is 0.944. The molecule has 88 valence electrons. The van der Waals surface area contributed by atoms with E-state index in [2.05, 4.69) is 45.1 Å². The van der Waals surface area contributed by atoms with Gasteiger partial charge in [0.05, 0.1) is 25.5 Å². The Morgan fingerprint density at radius 3 is 2.89 bits per heavy atom. The minimum Gasteiger partial charge on any atom is -0.327 e. The minimum absolute atomic E-state index is 0.664. The number of hydrogen-bond acceptors (Lipinski definition) is 3. The standard InChI is InChI=1S/C13H8IN3S/c1-17-11-4-8(6-15)2-3-10(11)16-13(17)9-5-12(14)18-7-9/h2-5,7H,1H3. The second-order valence-corrected chi connectivity index (χ2v) is 6.75. The summed E-state index contributed by atoms with van der Waals surface area (Å²) in [5.41, 5.74) is 3.71. The third-order valence-electron chi connectivity index (χ3n) is 2.84. The third-order valence-corrected chi connectivity index (χ3v) is 4.62. The number of thiophene rings is 1. The Labute approximate surface area is 122 Å². The van der Waals surface area contributed by atoms with E-state index in [1.165, 1.54) is 2.88 Å². The van der Waals surface area contributed by atoms with Gasteiger partial charge in [-0.2, -0.15) is 5.26 Å². The normalized spacial score (nSPS) is 10.7. The lowest BCUT2D eigenvalue weighted by atomic mass is 10.2. The summed E-state index contributed by atoms with van der Waals surface area (Å²) >= 11 is 4.01. The van der Waals surface area contributed by atoms with Gasteiger partial charge in [0.1, 0.15) is 5.82 Å². The van der Waals surface area contributed by atoms with Gasteiger partial charge in [-0.05, 0) is 46.9 Å². The number of benzene rings is 1. The Kier molecular flexibility index (Phi) is 2.84. The van der Waals surface area contributed by atoms with E-state index in [9.17, 15) is 0 Å². The number of aryl methyl sites for hydroxylation is 1. The molecule has 2 aromatic heterocycles. The fraction of sp³-hybridized carbons (Fsp3) is 0.0769. The van der Waals surface area contributed by atoms with Gasteiger partial charge in [-0.3, -0.25) is 0 Å². The first-order valence-corrected chi connectivity index (χ1v) is 7.26. The van der Waals surface area contributed by atoms with Crippen molar-refractivity contribution in [1.29, 1.82) is 5.26 Å². The number of halogens is 1. The van der Waals surface area contributed by atoms with Crippen molar-refractivity contribution in [3.63, 3.8) is 0 Å². The zero-order valence-electron chi connectivity index (χ0n) is 9.51. The lowest BCUT2D eigenvalue weighted by Crippen LogP contribution is -1.91. The van der Waals surface area contributed by atoms with Crippen molar-refractivity contribution >= 4 is 45.0 Å². The van der Waals surface area contributed by atoms with Crippen molar-refractivity contribution in [2.75, 3.05) is 0 Å². The highest BCUT2D eigenvalue weighted by atomic mass is 127. The van der Waals surface area contributed by atoms with Gasteiger partial charge in [-0.15, -0.1) is 11.3 Å². The van der Waals surface area contributed by atoms with E-state index in [0.717, 1.165) is 22.4 Å². The van der Waals surface area contributed by atoms with E-state index in [1.54, 1.807) is 17.4 Å². The molecule has 0 bridgehead atoms. The van der Waals surface area contributed by atoms with E-state index in [4.69, 9.17) is 5.26 Å². The van der Waals surface area contributed by atoms with Gasteiger partial charge in [0.2, 0.25) is 0 Å². The average molecular weight is 365 g/mol. The molecule has 0 unspecified atom stereocenters. The summed E-state index contributed by atoms with van der Waals surface area (Å²) < 4.78 is 3.28. The van der Waals surface area contributed by atoms with E-state index in [0.29, 0.717) is 5.56 Å². The van der Waals surface area contributed by atoms with Gasteiger partial charge in [0, 0.05) is 18.0 Å². The van der Waals surface area contributed by atoms with Crippen LogP contribution in [0.15, 0.2) is 29.6 Å². The first kappa shape index (κ1) is 11.7. The van der Waals surface area contributed by atoms with E-state index in [-0.39, 0.29) is 0 Å². The van der Waals surface area contributed by atoms with Crippen LogP contribution in [0.1, 0.15) is 5.56 Å². The average Bonchev–Trinajstić information content (AvgIpc) is 2.94. The molecule has 3 aromatic rings. The van der Waals surface area contributed by atoms with Gasteiger partial charge in [0.25, 0.3) is 0 Å². The number of hydrogen-bond donors (Lipinski definition) is 0. The fourth-order valence-electron chi connectivity index (χ4n) is 1.94. The minimum atomic E-state index is 0.664. The molecule has 0 N–H and O–H groups in total. The SMILES string of the molecule is Cn1c(-c2csc(I)c2)nc2ccc(C#N)cc21. The summed E-state index contributed by atoms with van der Waals surface area (Å²) in [4.78, 5) is 4.63. The lowest BCUT2D eigenvalue weighted by molar-refractivity contribution is 0.960. The Morgan fingerprint density at radius 1 is 1.39 bits per heavy atom. The van der Waals surface area contributed by atoms with E-state index in [1.807, 2.05) is 23.7 Å². The smallest absolute Gasteiger partial charge is 0.141 e. The van der Waals surface area contributed by atoms with Gasteiger partial charge in [0.15, 0.2) is 0 Å². The molecule has 0 amide bonds. The highest BCUT2D eigenvalue weighted by Gasteiger charge is 2.11. The number of imidazole rings is 1. The molecule has 0 radical (unpaired) electrons. The summed E-state index contributed by atoms with van der Waals surface area (Å²) in [7, 11) is 1.98. The predicted octanol–water partition coefficient (Wildman–Crippen LogP) is 3.78. The molecule has 0 aliphatic heterocycles. The van der Waals surface area contributed by atoms with Gasteiger partial charge >= 0.3 is 0 Å². The molecule has 0 spiro atoms. The maximum Gasteiger partial charge on any atom is 0.141 e. The molecule has 0 atom stereocenters. The van der Waals surface area contributed by atoms with Gasteiger partial charge < -0.3 is 4.57 Å². The Balaban J connectivity index is 2.26. The van der Waals surface area contributed by atoms with Crippen LogP contribution in [-0.2, 0) is 7.05 Å². The largest absolute Gasteiger partial charge is 0.327 e. The molecule has 0 saturated heterocycles. The monoisotopic (exact) mass is 365 g/mol. The highest BCUT2D eigenvalue weighted by Crippen LogP contribution is 2.28. The fourth-order valence-corrected chi connectivity index (χ4v) is 3.27. The first-order chi connectivity index (χ1) is 8.69. The van der Waals surface area contributed by atoms with Crippen LogP contribution >= 0.6 is 33.9 Å². The van der Waals surface area contributed by atoms with Crippen LogP contribution in [0.25, 0.3) is 22.4 Å². The second kappa shape index (κ2) is 4.37. The molecule has 0 saturated carbocycles. The van der Waals surface area contributed by atoms with Crippen LogP contribution in [0, 0.1) is 14.2 Å². The molecular formula is C13H8IN3S. The molecule has 3 nitrogen and oxygen atoms in total. The summed E-state index contributed by atoms with van der Waals surface area (Å²) in [6.07, 6.45) is 0. The van der Waals surface area contributed by atoms with Gasteiger partial charge in [-0.1, -0.05) is 0 Å². The van der Waals surface area contributed by atoms with Crippen LogP contribution in [0.2, 0.25) is 0 Å². The van der Waals surface area contributed by atoms with Crippen LogP contribution in [0.5, 0.6) is 0 Å². The molecule has 3 rings (SSSR count). The van der Waals surface area contributed by atoms with Crippen LogP contribution < -0.4 is 0 Å². The topological polar surface area (TPSA) is 41.6 Å². The first-order valence-electron chi connectivity index (χ1n) is 5.30. The van der Waals surface area contributed by atoms with Crippen molar-refractivity contribution in [3.05, 3.63) is 38.1 Å². The van der Waals surface area contributed by atoms with Crippen LogP contribution in [-0.4, -0.2) is 9.55 Å². The predicted molar refractivity (Wildman–Crippen MR) is 81.5 cm³/mol. The third kappa shape index (κ3) is 1.82. The number of nitrogens with zero attached hydrogens (tertiary/aromatic N) is 3. The lowest BCUT2D eigenvalue weighted by Gasteiger charge is -1.99. The number of rotatable bonds is 1. The number of fused-ring (bicyclic) bond motifs is 1. The Bertz CT molecular complexity index is 779. The van der Waals surface area contributed by atoms with Crippen molar-refractivity contribution < 1.29 is 0 Å². The molecular weight excluding hydrogens is 357 g/mol. The van der Waals surface area contributed by atoms with Gasteiger partial charge in [-0.25, -0.2) is 4.98 Å². The summed E-state index contributed by atoms with van der Waals surface area (Å²) in [6.45, 7) is 0. The summed E-state index contributed by atoms with van der Waals surface area (Å²) in [6, 6.07) is 9.86. The molecule has 0 aliphatic rings. The van der Waals surface area contributed by atoms with Crippen molar-refractivity contribution in [2.24, 2.45) is 7.05 Å². The molecule has 2 heterocycles. The maximum absolute atomic E-state index is 8.94. The maximum atomic E-state index is 8.94. The summed E-state index contributed by atoms with van der Waals surface area (Å²) in [5, 5.41) is 11.0. The molecule has 5 heteroatoms. The zero-order valence-corrected chi connectivity index (χ0v) is 12.5. The van der Waals surface area contributed by atoms with Crippen molar-refractivity contribution in [3.8, 4) is 17.5 Å². The molecule has 18 heavy (non-hydrogen) atoms. The second-order valence-electron chi connectivity index (χ2n) is 3.95. The van der Waals surface area contributed by atoms with Crippen LogP contribution in [0.3, 0.4) is 0 Å².